The Kier molecular flexibility index (Phi) is 3.92. The molecule has 0 fully saturated rings. The number of aromatic carboxylic acids is 1. The van der Waals surface area contributed by atoms with E-state index >= 15 is 0 Å². The fourth-order valence-electron chi connectivity index (χ4n) is 1.25. The average Bonchev–Trinajstić information content (AvgIpc) is 2.56. The fourth-order valence-corrected chi connectivity index (χ4v) is 1.42. The number of methoxy groups -OCH3 is 1. The van der Waals surface area contributed by atoms with Crippen LogP contribution < -0.4 is 4.74 Å². The molecule has 0 bridgehead atoms. The number of aromatic nitrogens is 1. The summed E-state index contributed by atoms with van der Waals surface area (Å²) in [6.07, 6.45) is 0. The van der Waals surface area contributed by atoms with Crippen LogP contribution in [0.4, 0.5) is 0 Å². The van der Waals surface area contributed by atoms with Gasteiger partial charge in [0.05, 0.1) is 12.7 Å². The maximum absolute atomic E-state index is 10.8. The van der Waals surface area contributed by atoms with Crippen LogP contribution >= 0.6 is 11.6 Å². The Labute approximate surface area is 109 Å². The van der Waals surface area contributed by atoms with Crippen molar-refractivity contribution in [1.82, 2.24) is 4.98 Å². The van der Waals surface area contributed by atoms with E-state index in [0.717, 1.165) is 0 Å². The van der Waals surface area contributed by atoms with Crippen molar-refractivity contribution in [2.75, 3.05) is 7.11 Å². The number of hydrogen-bond acceptors (Lipinski definition) is 4. The molecule has 0 saturated carbocycles. The van der Waals surface area contributed by atoms with Crippen LogP contribution in [0.1, 0.15) is 10.4 Å². The van der Waals surface area contributed by atoms with Gasteiger partial charge in [0.25, 0.3) is 5.35 Å². The first-order chi connectivity index (χ1) is 7.11. The molecule has 2 rings (SSSR count). The summed E-state index contributed by atoms with van der Waals surface area (Å²) in [5.74, 6) is -0.765. The average molecular weight is 414 g/mol. The largest absolute Gasteiger partial charge is 0.493 e. The van der Waals surface area contributed by atoms with Crippen LogP contribution in [0.25, 0.3) is 11.1 Å². The number of carboxylic acid groups (broad SMARTS) is 1. The van der Waals surface area contributed by atoms with Crippen molar-refractivity contribution >= 4 is 28.7 Å². The van der Waals surface area contributed by atoms with E-state index in [2.05, 4.69) is 4.98 Å². The predicted octanol–water partition coefficient (Wildman–Crippen LogP) is 2.19. The minimum atomic E-state index is -1.06. The molecule has 1 radical (unpaired) electrons. The Morgan fingerprint density at radius 2 is 2.25 bits per heavy atom. The molecule has 0 unspecified atom stereocenters. The van der Waals surface area contributed by atoms with Crippen molar-refractivity contribution in [1.29, 1.82) is 0 Å². The van der Waals surface area contributed by atoms with Crippen molar-refractivity contribution in [3.63, 3.8) is 0 Å². The molecule has 0 aliphatic heterocycles. The molecule has 85 valence electrons. The molecule has 0 atom stereocenters. The SMILES string of the molecule is COc1cc(C(=O)O)cc2nc(Cl)oc12.[Re]. The van der Waals surface area contributed by atoms with Gasteiger partial charge in [-0.3, -0.25) is 0 Å². The molecular formula is C9H6ClNO4Re. The third-order valence-electron chi connectivity index (χ3n) is 1.90. The van der Waals surface area contributed by atoms with Crippen LogP contribution in [-0.2, 0) is 20.4 Å². The Balaban J connectivity index is 0.00000128. The number of oxazole rings is 1. The van der Waals surface area contributed by atoms with E-state index in [-0.39, 0.29) is 31.3 Å². The van der Waals surface area contributed by atoms with E-state index in [0.29, 0.717) is 16.8 Å². The molecular weight excluding hydrogens is 408 g/mol. The van der Waals surface area contributed by atoms with E-state index in [4.69, 9.17) is 25.9 Å². The van der Waals surface area contributed by atoms with Gasteiger partial charge < -0.3 is 14.3 Å². The summed E-state index contributed by atoms with van der Waals surface area (Å²) in [5, 5.41) is 8.77. The van der Waals surface area contributed by atoms with Crippen LogP contribution in [0.3, 0.4) is 0 Å². The molecule has 7 heteroatoms. The Hall–Kier alpha value is -1.09. The number of halogens is 1. The summed E-state index contributed by atoms with van der Waals surface area (Å²) in [7, 11) is 1.41. The normalized spacial score (nSPS) is 9.88. The predicted molar refractivity (Wildman–Crippen MR) is 52.5 cm³/mol. The second-order valence-electron chi connectivity index (χ2n) is 2.80. The van der Waals surface area contributed by atoms with Crippen molar-refractivity contribution in [3.05, 3.63) is 23.0 Å². The van der Waals surface area contributed by atoms with Crippen LogP contribution in [0.5, 0.6) is 5.75 Å². The van der Waals surface area contributed by atoms with Crippen molar-refractivity contribution < 1.29 is 39.5 Å². The summed E-state index contributed by atoms with van der Waals surface area (Å²) in [6, 6.07) is 2.72. The van der Waals surface area contributed by atoms with Crippen molar-refractivity contribution in [2.24, 2.45) is 0 Å². The van der Waals surface area contributed by atoms with Crippen LogP contribution in [0.2, 0.25) is 5.35 Å². The molecule has 0 saturated heterocycles. The summed E-state index contributed by atoms with van der Waals surface area (Å²) in [6.45, 7) is 0. The zero-order valence-corrected chi connectivity index (χ0v) is 11.5. The monoisotopic (exact) mass is 414 g/mol. The molecule has 0 aliphatic carbocycles. The minimum absolute atomic E-state index is 0. The topological polar surface area (TPSA) is 72.6 Å². The quantitative estimate of drug-likeness (QED) is 0.817. The number of carboxylic acids is 1. The van der Waals surface area contributed by atoms with Crippen LogP contribution in [-0.4, -0.2) is 23.2 Å². The molecule has 5 nitrogen and oxygen atoms in total. The summed E-state index contributed by atoms with van der Waals surface area (Å²) in [4.78, 5) is 14.6. The molecule has 16 heavy (non-hydrogen) atoms. The zero-order chi connectivity index (χ0) is 11.0. The molecule has 2 aromatic rings. The number of nitrogens with zero attached hydrogens (tertiary/aromatic N) is 1. The molecule has 0 spiro atoms. The van der Waals surface area contributed by atoms with Gasteiger partial charge in [0, 0.05) is 20.4 Å². The number of benzene rings is 1. The molecule has 1 aromatic carbocycles. The number of rotatable bonds is 2. The Morgan fingerprint density at radius 1 is 1.56 bits per heavy atom. The summed E-state index contributed by atoms with van der Waals surface area (Å²) >= 11 is 5.56. The molecule has 1 N–H and O–H groups in total. The molecule has 0 amide bonds. The van der Waals surface area contributed by atoms with Gasteiger partial charge in [0.2, 0.25) is 0 Å². The van der Waals surface area contributed by atoms with Gasteiger partial charge in [-0.1, -0.05) is 0 Å². The summed E-state index contributed by atoms with van der Waals surface area (Å²) < 4.78 is 10.0. The van der Waals surface area contributed by atoms with Crippen molar-refractivity contribution in [2.45, 2.75) is 0 Å². The van der Waals surface area contributed by atoms with Crippen LogP contribution in [0, 0.1) is 0 Å². The fraction of sp³-hybridized carbons (Fsp3) is 0.111. The number of carbonyl (C=O) groups is 1. The van der Waals surface area contributed by atoms with E-state index in [1.54, 1.807) is 0 Å². The second-order valence-corrected chi connectivity index (χ2v) is 3.12. The number of hydrogen-bond donors (Lipinski definition) is 1. The maximum atomic E-state index is 10.8. The minimum Gasteiger partial charge on any atom is -0.493 e. The van der Waals surface area contributed by atoms with Gasteiger partial charge >= 0.3 is 5.97 Å². The van der Waals surface area contributed by atoms with Crippen molar-refractivity contribution in [3.8, 4) is 5.75 Å². The first-order valence-corrected chi connectivity index (χ1v) is 4.37. The van der Waals surface area contributed by atoms with Gasteiger partial charge in [0.15, 0.2) is 11.3 Å². The van der Waals surface area contributed by atoms with Gasteiger partial charge in [-0.2, -0.15) is 4.98 Å². The third-order valence-corrected chi connectivity index (χ3v) is 2.06. The molecule has 1 heterocycles. The molecule has 0 aliphatic rings. The van der Waals surface area contributed by atoms with Gasteiger partial charge in [0.1, 0.15) is 5.52 Å². The van der Waals surface area contributed by atoms with Gasteiger partial charge in [-0.25, -0.2) is 4.79 Å². The second kappa shape index (κ2) is 4.83. The van der Waals surface area contributed by atoms with Crippen LogP contribution in [0.15, 0.2) is 16.5 Å². The third kappa shape index (κ3) is 2.19. The van der Waals surface area contributed by atoms with E-state index < -0.39 is 5.97 Å². The van der Waals surface area contributed by atoms with E-state index in [9.17, 15) is 4.79 Å². The van der Waals surface area contributed by atoms with E-state index in [1.165, 1.54) is 19.2 Å². The first-order valence-electron chi connectivity index (χ1n) is 3.99. The smallest absolute Gasteiger partial charge is 0.335 e. The van der Waals surface area contributed by atoms with E-state index in [1.807, 2.05) is 0 Å². The standard InChI is InChI=1S/C9H6ClNO4.Re/c1-14-6-3-4(8(12)13)2-5-7(6)15-9(10)11-5;/h2-3H,1H3,(H,12,13);. The number of fused-ring (bicyclic) bond motifs is 1. The maximum Gasteiger partial charge on any atom is 0.335 e. The van der Waals surface area contributed by atoms with Gasteiger partial charge in [-0.05, 0) is 23.7 Å². The molecule has 1 aromatic heterocycles. The number of ether oxygens (including phenoxy) is 1. The zero-order valence-electron chi connectivity index (χ0n) is 8.03. The Morgan fingerprint density at radius 3 is 2.81 bits per heavy atom. The Bertz CT molecular complexity index is 540. The summed E-state index contributed by atoms with van der Waals surface area (Å²) in [5.41, 5.74) is 0.772. The van der Waals surface area contributed by atoms with Gasteiger partial charge in [-0.15, -0.1) is 0 Å². The first kappa shape index (κ1) is 13.0.